The normalized spacial score (nSPS) is 16.7. The van der Waals surface area contributed by atoms with E-state index >= 15 is 0 Å². The van der Waals surface area contributed by atoms with Crippen LogP contribution in [0, 0.1) is 5.82 Å². The van der Waals surface area contributed by atoms with Gasteiger partial charge in [-0.05, 0) is 44.0 Å². The molecule has 0 bridgehead atoms. The Kier molecular flexibility index (Phi) is 7.24. The van der Waals surface area contributed by atoms with E-state index in [-0.39, 0.29) is 31.0 Å². The number of ketones is 1. The number of esters is 1. The number of Topliss-reactive ketones (excluding diaryl/α,β-unsaturated/α-hetero) is 1. The lowest BCUT2D eigenvalue weighted by Crippen LogP contribution is -2.49. The predicted molar refractivity (Wildman–Crippen MR) is 116 cm³/mol. The Labute approximate surface area is 184 Å². The van der Waals surface area contributed by atoms with E-state index in [4.69, 9.17) is 10.5 Å². The number of hydrogen-bond donors (Lipinski definition) is 1. The van der Waals surface area contributed by atoms with E-state index in [1.54, 1.807) is 11.8 Å². The van der Waals surface area contributed by atoms with Gasteiger partial charge in [0.05, 0.1) is 20.2 Å². The molecule has 10 heteroatoms. The highest BCUT2D eigenvalue weighted by Crippen LogP contribution is 2.19. The minimum absolute atomic E-state index is 0.0278. The molecular weight excluding hydrogens is 419 g/mol. The highest BCUT2D eigenvalue weighted by atomic mass is 19.1. The van der Waals surface area contributed by atoms with Crippen LogP contribution in [0.3, 0.4) is 0 Å². The first-order valence-corrected chi connectivity index (χ1v) is 10.5. The largest absolute Gasteiger partial charge is 0.468 e. The molecule has 0 spiro atoms. The number of nitrogen functional groups attached to an aromatic ring is 1. The van der Waals surface area contributed by atoms with Crippen LogP contribution in [0.1, 0.15) is 42.1 Å². The number of nitrogens with two attached hydrogens (primary N) is 1. The molecule has 9 nitrogen and oxygen atoms in total. The topological polar surface area (TPSA) is 117 Å². The SMILES string of the molecule is CCn1c(=O)c(C(=O)CN2CCCC[C@@H]2C(=O)OC)c(N)n(Cc2ccc(F)cc2)c1=O. The minimum atomic E-state index is -0.762. The minimum Gasteiger partial charge on any atom is -0.468 e. The molecule has 1 aromatic carbocycles. The number of methoxy groups -OCH3 is 1. The van der Waals surface area contributed by atoms with E-state index in [2.05, 4.69) is 0 Å². The van der Waals surface area contributed by atoms with Crippen molar-refractivity contribution in [3.05, 3.63) is 62.0 Å². The molecule has 2 heterocycles. The Morgan fingerprint density at radius 3 is 2.47 bits per heavy atom. The standard InChI is InChI=1S/C22H27FN4O5/c1-3-26-20(29)18(17(28)13-25-11-5-4-6-16(25)21(30)32-2)19(24)27(22(26)31)12-14-7-9-15(23)10-8-14/h7-10,16H,3-6,11-13,24H2,1-2H3/t16-/m1/s1. The van der Waals surface area contributed by atoms with E-state index in [1.807, 2.05) is 0 Å². The molecular formula is C22H27FN4O5. The number of ether oxygens (including phenoxy) is 1. The summed E-state index contributed by atoms with van der Waals surface area (Å²) in [6, 6.07) is 4.93. The number of carbonyl (C=O) groups excluding carboxylic acids is 2. The summed E-state index contributed by atoms with van der Waals surface area (Å²) in [5.74, 6) is -1.67. The van der Waals surface area contributed by atoms with Crippen molar-refractivity contribution in [3.63, 3.8) is 0 Å². The van der Waals surface area contributed by atoms with Gasteiger partial charge < -0.3 is 10.5 Å². The summed E-state index contributed by atoms with van der Waals surface area (Å²) in [5, 5.41) is 0. The molecule has 1 aromatic heterocycles. The maximum absolute atomic E-state index is 13.2. The third kappa shape index (κ3) is 4.64. The van der Waals surface area contributed by atoms with Crippen molar-refractivity contribution in [2.75, 3.05) is 25.9 Å². The zero-order chi connectivity index (χ0) is 23.4. The van der Waals surface area contributed by atoms with E-state index in [9.17, 15) is 23.6 Å². The number of anilines is 1. The van der Waals surface area contributed by atoms with Crippen molar-refractivity contribution in [1.82, 2.24) is 14.0 Å². The molecule has 1 atom stereocenters. The van der Waals surface area contributed by atoms with Crippen LogP contribution < -0.4 is 17.0 Å². The second kappa shape index (κ2) is 9.90. The highest BCUT2D eigenvalue weighted by Gasteiger charge is 2.32. The average molecular weight is 446 g/mol. The van der Waals surface area contributed by atoms with E-state index < -0.39 is 34.9 Å². The number of aromatic nitrogens is 2. The zero-order valence-electron chi connectivity index (χ0n) is 18.2. The summed E-state index contributed by atoms with van der Waals surface area (Å²) in [5.41, 5.74) is 5.04. The molecule has 2 aromatic rings. The second-order valence-corrected chi connectivity index (χ2v) is 7.73. The van der Waals surface area contributed by atoms with Crippen LogP contribution in [0.4, 0.5) is 10.2 Å². The third-order valence-corrected chi connectivity index (χ3v) is 5.75. The van der Waals surface area contributed by atoms with E-state index in [1.165, 1.54) is 31.4 Å². The Hall–Kier alpha value is -3.27. The monoisotopic (exact) mass is 446 g/mol. The van der Waals surface area contributed by atoms with Crippen molar-refractivity contribution in [3.8, 4) is 0 Å². The zero-order valence-corrected chi connectivity index (χ0v) is 18.2. The van der Waals surface area contributed by atoms with Crippen molar-refractivity contribution < 1.29 is 18.7 Å². The lowest BCUT2D eigenvalue weighted by molar-refractivity contribution is -0.148. The van der Waals surface area contributed by atoms with Crippen molar-refractivity contribution in [1.29, 1.82) is 0 Å². The first-order chi connectivity index (χ1) is 15.3. The van der Waals surface area contributed by atoms with Gasteiger partial charge in [-0.3, -0.25) is 28.4 Å². The van der Waals surface area contributed by atoms with E-state index in [0.29, 0.717) is 18.5 Å². The van der Waals surface area contributed by atoms with Gasteiger partial charge in [-0.15, -0.1) is 0 Å². The second-order valence-electron chi connectivity index (χ2n) is 7.73. The molecule has 0 aliphatic carbocycles. The van der Waals surface area contributed by atoms with Gasteiger partial charge in [0.15, 0.2) is 5.78 Å². The molecule has 172 valence electrons. The summed E-state index contributed by atoms with van der Waals surface area (Å²) in [7, 11) is 1.29. The highest BCUT2D eigenvalue weighted by molar-refractivity contribution is 6.01. The first-order valence-electron chi connectivity index (χ1n) is 10.5. The number of benzene rings is 1. The van der Waals surface area contributed by atoms with Crippen LogP contribution in [0.25, 0.3) is 0 Å². The fraction of sp³-hybridized carbons (Fsp3) is 0.455. The predicted octanol–water partition coefficient (Wildman–Crippen LogP) is 1.01. The van der Waals surface area contributed by atoms with Gasteiger partial charge >= 0.3 is 11.7 Å². The maximum Gasteiger partial charge on any atom is 0.332 e. The number of piperidine rings is 1. The summed E-state index contributed by atoms with van der Waals surface area (Å²) >= 11 is 0. The fourth-order valence-electron chi connectivity index (χ4n) is 4.03. The third-order valence-electron chi connectivity index (χ3n) is 5.75. The van der Waals surface area contributed by atoms with Gasteiger partial charge in [0.25, 0.3) is 5.56 Å². The number of carbonyl (C=O) groups is 2. The van der Waals surface area contributed by atoms with Crippen LogP contribution >= 0.6 is 0 Å². The van der Waals surface area contributed by atoms with Gasteiger partial charge in [0.1, 0.15) is 23.2 Å². The molecule has 2 N–H and O–H groups in total. The maximum atomic E-state index is 13.2. The Bertz CT molecular complexity index is 1120. The molecule has 32 heavy (non-hydrogen) atoms. The fourth-order valence-corrected chi connectivity index (χ4v) is 4.03. The smallest absolute Gasteiger partial charge is 0.332 e. The Morgan fingerprint density at radius 2 is 1.84 bits per heavy atom. The van der Waals surface area contributed by atoms with Crippen molar-refractivity contribution in [2.24, 2.45) is 0 Å². The number of halogens is 1. The molecule has 1 aliphatic heterocycles. The molecule has 0 saturated carbocycles. The Balaban J connectivity index is 2.00. The Morgan fingerprint density at radius 1 is 1.16 bits per heavy atom. The number of rotatable bonds is 7. The summed E-state index contributed by atoms with van der Waals surface area (Å²) in [4.78, 5) is 52.8. The summed E-state index contributed by atoms with van der Waals surface area (Å²) in [6.07, 6.45) is 2.19. The first kappa shape index (κ1) is 23.4. The number of likely N-dealkylation sites (tertiary alicyclic amines) is 1. The molecule has 0 unspecified atom stereocenters. The average Bonchev–Trinajstić information content (AvgIpc) is 2.78. The summed E-state index contributed by atoms with van der Waals surface area (Å²) < 4.78 is 20.2. The van der Waals surface area contributed by atoms with Gasteiger partial charge in [-0.25, -0.2) is 9.18 Å². The molecule has 0 radical (unpaired) electrons. The molecule has 3 rings (SSSR count). The summed E-state index contributed by atoms with van der Waals surface area (Å²) in [6.45, 7) is 1.95. The number of nitrogens with zero attached hydrogens (tertiary/aromatic N) is 3. The van der Waals surface area contributed by atoms with Crippen LogP contribution in [0.5, 0.6) is 0 Å². The lowest BCUT2D eigenvalue weighted by Gasteiger charge is -2.33. The number of hydrogen-bond acceptors (Lipinski definition) is 7. The molecule has 1 aliphatic rings. The van der Waals surface area contributed by atoms with E-state index in [0.717, 1.165) is 22.0 Å². The van der Waals surface area contributed by atoms with Gasteiger partial charge in [-0.1, -0.05) is 18.6 Å². The molecule has 1 fully saturated rings. The van der Waals surface area contributed by atoms with Crippen LogP contribution in [0.2, 0.25) is 0 Å². The molecule has 0 amide bonds. The van der Waals surface area contributed by atoms with Crippen LogP contribution in [0.15, 0.2) is 33.9 Å². The van der Waals surface area contributed by atoms with Crippen molar-refractivity contribution >= 4 is 17.6 Å². The lowest BCUT2D eigenvalue weighted by atomic mass is 10.0. The van der Waals surface area contributed by atoms with Crippen LogP contribution in [-0.4, -0.2) is 52.0 Å². The van der Waals surface area contributed by atoms with Gasteiger partial charge in [0.2, 0.25) is 0 Å². The van der Waals surface area contributed by atoms with Gasteiger partial charge in [0, 0.05) is 6.54 Å². The molecule has 1 saturated heterocycles. The van der Waals surface area contributed by atoms with Crippen molar-refractivity contribution in [2.45, 2.75) is 45.3 Å². The van der Waals surface area contributed by atoms with Gasteiger partial charge in [-0.2, -0.15) is 0 Å². The van der Waals surface area contributed by atoms with Crippen LogP contribution in [-0.2, 0) is 22.6 Å². The quantitative estimate of drug-likeness (QED) is 0.498.